The summed E-state index contributed by atoms with van der Waals surface area (Å²) in [6, 6.07) is 17.8. The number of amides is 3. The summed E-state index contributed by atoms with van der Waals surface area (Å²) in [5, 5.41) is 10.5. The van der Waals surface area contributed by atoms with Crippen molar-refractivity contribution in [3.05, 3.63) is 96.1 Å². The van der Waals surface area contributed by atoms with E-state index < -0.39 is 28.7 Å². The summed E-state index contributed by atoms with van der Waals surface area (Å²) >= 11 is 1.58. The Hall–Kier alpha value is -3.36. The average molecular weight is 586 g/mol. The Morgan fingerprint density at radius 1 is 0.952 bits per heavy atom. The second-order valence-electron chi connectivity index (χ2n) is 11.9. The molecule has 0 saturated carbocycles. The number of fused-ring (bicyclic) bond motifs is 2. The first kappa shape index (κ1) is 28.7. The molecular weight excluding hydrogens is 546 g/mol. The molecule has 0 aliphatic carbocycles. The van der Waals surface area contributed by atoms with Crippen LogP contribution >= 0.6 is 11.8 Å². The van der Waals surface area contributed by atoms with E-state index in [9.17, 15) is 19.5 Å². The van der Waals surface area contributed by atoms with Crippen LogP contribution in [0.4, 0.5) is 0 Å². The number of nitrogens with zero attached hydrogens (tertiary/aromatic N) is 3. The van der Waals surface area contributed by atoms with E-state index in [0.29, 0.717) is 19.6 Å². The first-order valence-corrected chi connectivity index (χ1v) is 15.9. The van der Waals surface area contributed by atoms with Gasteiger partial charge in [0.05, 0.1) is 29.2 Å². The van der Waals surface area contributed by atoms with Crippen molar-refractivity contribution in [3.63, 3.8) is 0 Å². The maximum atomic E-state index is 14.8. The summed E-state index contributed by atoms with van der Waals surface area (Å²) in [6.45, 7) is 5.24. The van der Waals surface area contributed by atoms with Crippen LogP contribution in [0.25, 0.3) is 0 Å². The molecule has 42 heavy (non-hydrogen) atoms. The molecule has 220 valence electrons. The number of aliphatic hydroxyl groups is 1. The number of thioether (sulfide) groups is 1. The van der Waals surface area contributed by atoms with Crippen molar-refractivity contribution in [1.29, 1.82) is 0 Å². The van der Waals surface area contributed by atoms with Crippen LogP contribution in [0.2, 0.25) is 0 Å². The summed E-state index contributed by atoms with van der Waals surface area (Å²) in [4.78, 5) is 49.1. The van der Waals surface area contributed by atoms with Crippen molar-refractivity contribution in [2.45, 2.75) is 61.4 Å². The molecule has 2 saturated heterocycles. The number of carbonyl (C=O) groups is 3. The lowest BCUT2D eigenvalue weighted by molar-refractivity contribution is -0.147. The Morgan fingerprint density at radius 2 is 1.67 bits per heavy atom. The molecule has 2 aromatic rings. The summed E-state index contributed by atoms with van der Waals surface area (Å²) in [5.41, 5.74) is 1.81. The fourth-order valence-electron chi connectivity index (χ4n) is 7.43. The molecule has 0 aromatic heterocycles. The summed E-state index contributed by atoms with van der Waals surface area (Å²) < 4.78 is -0.915. The van der Waals surface area contributed by atoms with Crippen LogP contribution in [0.5, 0.6) is 0 Å². The van der Waals surface area contributed by atoms with Crippen molar-refractivity contribution in [1.82, 2.24) is 14.7 Å². The highest BCUT2D eigenvalue weighted by atomic mass is 32.2. The van der Waals surface area contributed by atoms with Gasteiger partial charge in [-0.05, 0) is 24.5 Å². The quantitative estimate of drug-likeness (QED) is 0.470. The van der Waals surface area contributed by atoms with E-state index in [0.717, 1.165) is 24.0 Å². The first-order valence-electron chi connectivity index (χ1n) is 15.0. The average Bonchev–Trinajstić information content (AvgIpc) is 3.32. The number of hydrogen-bond acceptors (Lipinski definition) is 5. The molecule has 4 aliphatic heterocycles. The van der Waals surface area contributed by atoms with Gasteiger partial charge in [0, 0.05) is 30.9 Å². The minimum absolute atomic E-state index is 0.00220. The van der Waals surface area contributed by atoms with Gasteiger partial charge in [0.15, 0.2) is 0 Å². The predicted molar refractivity (Wildman–Crippen MR) is 164 cm³/mol. The fraction of sp³-hybridized carbons (Fsp3) is 0.441. The highest BCUT2D eigenvalue weighted by Crippen LogP contribution is 2.62. The van der Waals surface area contributed by atoms with E-state index >= 15 is 0 Å². The van der Waals surface area contributed by atoms with Gasteiger partial charge in [-0.2, -0.15) is 0 Å². The Balaban J connectivity index is 1.45. The molecule has 0 bridgehead atoms. The zero-order chi connectivity index (χ0) is 29.4. The van der Waals surface area contributed by atoms with Crippen LogP contribution < -0.4 is 0 Å². The van der Waals surface area contributed by atoms with Gasteiger partial charge in [-0.1, -0.05) is 98.3 Å². The molecule has 6 rings (SSSR count). The summed E-state index contributed by atoms with van der Waals surface area (Å²) in [7, 11) is 0. The van der Waals surface area contributed by atoms with Crippen molar-refractivity contribution in [3.8, 4) is 0 Å². The third-order valence-corrected chi connectivity index (χ3v) is 11.1. The zero-order valence-corrected chi connectivity index (χ0v) is 25.0. The van der Waals surface area contributed by atoms with Gasteiger partial charge in [-0.15, -0.1) is 11.8 Å². The highest BCUT2D eigenvalue weighted by molar-refractivity contribution is 8.02. The van der Waals surface area contributed by atoms with Crippen LogP contribution in [-0.2, 0) is 20.9 Å². The van der Waals surface area contributed by atoms with Crippen LogP contribution in [0, 0.1) is 11.8 Å². The van der Waals surface area contributed by atoms with Crippen LogP contribution in [0.3, 0.4) is 0 Å². The van der Waals surface area contributed by atoms with Crippen molar-refractivity contribution >= 4 is 29.5 Å². The van der Waals surface area contributed by atoms with E-state index in [1.165, 1.54) is 0 Å². The van der Waals surface area contributed by atoms with Gasteiger partial charge in [0.25, 0.3) is 0 Å². The monoisotopic (exact) mass is 585 g/mol. The van der Waals surface area contributed by atoms with E-state index in [1.54, 1.807) is 16.7 Å². The Morgan fingerprint density at radius 3 is 2.36 bits per heavy atom. The SMILES string of the molecule is CCCC(C)N1CC=C[C@]23S[C@H]4C=CCN(Cc5ccccc5)C(=O)[C@H]4[C@H]2C(=O)N([C@H](CO)c2ccccc2)C3C1=O. The molecule has 3 amide bonds. The van der Waals surface area contributed by atoms with Gasteiger partial charge in [-0.25, -0.2) is 0 Å². The normalized spacial score (nSPS) is 30.1. The number of aliphatic hydroxyl groups excluding tert-OH is 1. The fourth-order valence-corrected chi connectivity index (χ4v) is 9.42. The third-order valence-electron chi connectivity index (χ3n) is 9.36. The van der Waals surface area contributed by atoms with Crippen molar-refractivity contribution in [2.75, 3.05) is 19.7 Å². The number of benzene rings is 2. The van der Waals surface area contributed by atoms with Crippen LogP contribution in [0.1, 0.15) is 43.9 Å². The number of carbonyl (C=O) groups excluding carboxylic acids is 3. The second kappa shape index (κ2) is 11.7. The zero-order valence-electron chi connectivity index (χ0n) is 24.2. The maximum absolute atomic E-state index is 14.8. The highest BCUT2D eigenvalue weighted by Gasteiger charge is 2.72. The molecule has 2 aromatic carbocycles. The van der Waals surface area contributed by atoms with Gasteiger partial charge in [0.2, 0.25) is 17.7 Å². The number of likely N-dealkylation sites (tertiary alicyclic amines) is 1. The van der Waals surface area contributed by atoms with Crippen molar-refractivity contribution < 1.29 is 19.5 Å². The summed E-state index contributed by atoms with van der Waals surface area (Å²) in [6.07, 6.45) is 9.98. The number of rotatable bonds is 8. The molecule has 7 nitrogen and oxygen atoms in total. The first-order chi connectivity index (χ1) is 20.4. The molecule has 4 heterocycles. The van der Waals surface area contributed by atoms with E-state index in [-0.39, 0.29) is 35.6 Å². The van der Waals surface area contributed by atoms with Gasteiger partial charge >= 0.3 is 0 Å². The Bertz CT molecular complexity index is 1380. The Kier molecular flexibility index (Phi) is 8.03. The van der Waals surface area contributed by atoms with Crippen LogP contribution in [0.15, 0.2) is 85.0 Å². The lowest BCUT2D eigenvalue weighted by Crippen LogP contribution is -2.55. The third kappa shape index (κ3) is 4.69. The number of hydrogen-bond donors (Lipinski definition) is 1. The molecule has 7 atom stereocenters. The summed E-state index contributed by atoms with van der Waals surface area (Å²) in [5.74, 6) is -1.71. The van der Waals surface area contributed by atoms with Crippen LogP contribution in [-0.4, -0.2) is 79.3 Å². The lowest BCUT2D eigenvalue weighted by Gasteiger charge is -2.40. The van der Waals surface area contributed by atoms with Gasteiger partial charge in [0.1, 0.15) is 6.04 Å². The largest absolute Gasteiger partial charge is 0.394 e. The molecule has 2 fully saturated rings. The second-order valence-corrected chi connectivity index (χ2v) is 13.3. The molecule has 1 N–H and O–H groups in total. The molecule has 4 aliphatic rings. The van der Waals surface area contributed by atoms with Gasteiger partial charge in [-0.3, -0.25) is 14.4 Å². The molecule has 2 unspecified atom stereocenters. The molecule has 1 spiro atoms. The standard InChI is InChI=1S/C34H39N3O4S/c1-3-12-23(2)36-20-11-18-34-29(32(40)37(30(34)33(36)41)26(22-38)25-15-8-5-9-16-25)28-27(42-34)17-10-19-35(31(28)39)21-24-13-6-4-7-14-24/h4-11,13-18,23,26-30,38H,3,12,19-22H2,1-2H3/t23?,26-,27+,28-,29+,30?,34+/m1/s1. The topological polar surface area (TPSA) is 81.2 Å². The molecule has 0 radical (unpaired) electrons. The smallest absolute Gasteiger partial charge is 0.247 e. The minimum atomic E-state index is -0.915. The van der Waals surface area contributed by atoms with Gasteiger partial charge < -0.3 is 19.8 Å². The van der Waals surface area contributed by atoms with E-state index in [1.807, 2.05) is 82.6 Å². The minimum Gasteiger partial charge on any atom is -0.394 e. The molecular formula is C34H39N3O4S. The molecule has 8 heteroatoms. The Labute approximate surface area is 252 Å². The maximum Gasteiger partial charge on any atom is 0.247 e. The predicted octanol–water partition coefficient (Wildman–Crippen LogP) is 4.20. The van der Waals surface area contributed by atoms with E-state index in [4.69, 9.17) is 0 Å². The lowest BCUT2D eigenvalue weighted by atomic mass is 9.78. The van der Waals surface area contributed by atoms with Crippen molar-refractivity contribution in [2.24, 2.45) is 11.8 Å². The van der Waals surface area contributed by atoms with E-state index in [2.05, 4.69) is 26.0 Å².